The van der Waals surface area contributed by atoms with E-state index in [0.717, 1.165) is 19.3 Å². The molecule has 1 aromatic carbocycles. The fourth-order valence-corrected chi connectivity index (χ4v) is 1.90. The first-order valence-corrected chi connectivity index (χ1v) is 6.62. The third-order valence-electron chi connectivity index (χ3n) is 3.01. The van der Waals surface area contributed by atoms with Gasteiger partial charge in [0.25, 0.3) is 0 Å². The SMILES string of the molecule is C=CCC(CCC(OC)OC)OCc1ccccc1. The Bertz CT molecular complexity index is 333. The molecule has 0 bridgehead atoms. The normalized spacial score (nSPS) is 12.6. The van der Waals surface area contributed by atoms with Gasteiger partial charge in [-0.25, -0.2) is 0 Å². The summed E-state index contributed by atoms with van der Waals surface area (Å²) in [5, 5.41) is 0. The van der Waals surface area contributed by atoms with E-state index in [9.17, 15) is 0 Å². The van der Waals surface area contributed by atoms with E-state index in [4.69, 9.17) is 14.2 Å². The van der Waals surface area contributed by atoms with Crippen molar-refractivity contribution in [3.8, 4) is 0 Å². The summed E-state index contributed by atoms with van der Waals surface area (Å²) in [4.78, 5) is 0. The Kier molecular flexibility index (Phi) is 8.14. The van der Waals surface area contributed by atoms with Gasteiger partial charge < -0.3 is 14.2 Å². The molecular formula is C16H24O3. The second kappa shape index (κ2) is 9.73. The van der Waals surface area contributed by atoms with Crippen molar-refractivity contribution < 1.29 is 14.2 Å². The number of ether oxygens (including phenoxy) is 3. The molecule has 3 heteroatoms. The van der Waals surface area contributed by atoms with E-state index in [2.05, 4.69) is 18.7 Å². The minimum Gasteiger partial charge on any atom is -0.373 e. The van der Waals surface area contributed by atoms with E-state index in [0.29, 0.717) is 6.61 Å². The first-order chi connectivity index (χ1) is 9.30. The van der Waals surface area contributed by atoms with Crippen LogP contribution in [0.5, 0.6) is 0 Å². The molecule has 0 spiro atoms. The molecule has 0 saturated heterocycles. The second-order valence-corrected chi connectivity index (χ2v) is 4.42. The lowest BCUT2D eigenvalue weighted by Gasteiger charge is -2.19. The van der Waals surface area contributed by atoms with Crippen LogP contribution in [0.2, 0.25) is 0 Å². The zero-order chi connectivity index (χ0) is 13.9. The number of methoxy groups -OCH3 is 2. The Morgan fingerprint density at radius 1 is 1.11 bits per heavy atom. The molecule has 0 aliphatic rings. The molecule has 0 radical (unpaired) electrons. The van der Waals surface area contributed by atoms with E-state index in [1.54, 1.807) is 14.2 Å². The predicted octanol–water partition coefficient (Wildman–Crippen LogP) is 3.55. The van der Waals surface area contributed by atoms with Crippen molar-refractivity contribution in [2.24, 2.45) is 0 Å². The van der Waals surface area contributed by atoms with E-state index in [1.807, 2.05) is 24.3 Å². The Hall–Kier alpha value is -1.16. The molecule has 106 valence electrons. The van der Waals surface area contributed by atoms with Gasteiger partial charge >= 0.3 is 0 Å². The summed E-state index contributed by atoms with van der Waals surface area (Å²) in [6, 6.07) is 10.2. The molecule has 0 aromatic heterocycles. The topological polar surface area (TPSA) is 27.7 Å². The fraction of sp³-hybridized carbons (Fsp3) is 0.500. The number of hydrogen-bond donors (Lipinski definition) is 0. The Labute approximate surface area is 116 Å². The van der Waals surface area contributed by atoms with Crippen LogP contribution in [0, 0.1) is 0 Å². The van der Waals surface area contributed by atoms with E-state index in [1.165, 1.54) is 5.56 Å². The van der Waals surface area contributed by atoms with Gasteiger partial charge in [0.15, 0.2) is 6.29 Å². The standard InChI is InChI=1S/C16H24O3/c1-4-8-15(11-12-16(17-2)18-3)19-13-14-9-6-5-7-10-14/h4-7,9-10,15-16H,1,8,11-13H2,2-3H3. The van der Waals surface area contributed by atoms with Crippen LogP contribution in [0.3, 0.4) is 0 Å². The van der Waals surface area contributed by atoms with Crippen molar-refractivity contribution >= 4 is 0 Å². The highest BCUT2D eigenvalue weighted by Crippen LogP contribution is 2.14. The lowest BCUT2D eigenvalue weighted by atomic mass is 10.1. The first kappa shape index (κ1) is 15.9. The first-order valence-electron chi connectivity index (χ1n) is 6.62. The minimum absolute atomic E-state index is 0.158. The molecule has 0 aliphatic carbocycles. The molecule has 0 saturated carbocycles. The van der Waals surface area contributed by atoms with Crippen molar-refractivity contribution in [3.63, 3.8) is 0 Å². The summed E-state index contributed by atoms with van der Waals surface area (Å²) in [5.41, 5.74) is 1.19. The molecule has 3 nitrogen and oxygen atoms in total. The zero-order valence-corrected chi connectivity index (χ0v) is 11.9. The average molecular weight is 264 g/mol. The molecule has 1 atom stereocenters. The Morgan fingerprint density at radius 2 is 1.79 bits per heavy atom. The van der Waals surface area contributed by atoms with Gasteiger partial charge in [-0.1, -0.05) is 36.4 Å². The summed E-state index contributed by atoms with van der Waals surface area (Å²) in [7, 11) is 3.31. The van der Waals surface area contributed by atoms with Crippen LogP contribution in [-0.4, -0.2) is 26.6 Å². The second-order valence-electron chi connectivity index (χ2n) is 4.42. The minimum atomic E-state index is -0.160. The molecule has 1 rings (SSSR count). The van der Waals surface area contributed by atoms with E-state index < -0.39 is 0 Å². The lowest BCUT2D eigenvalue weighted by molar-refractivity contribution is -0.113. The average Bonchev–Trinajstić information content (AvgIpc) is 2.46. The molecule has 0 fully saturated rings. The third-order valence-corrected chi connectivity index (χ3v) is 3.01. The summed E-state index contributed by atoms with van der Waals surface area (Å²) in [6.45, 7) is 4.41. The van der Waals surface area contributed by atoms with Crippen LogP contribution < -0.4 is 0 Å². The molecule has 0 N–H and O–H groups in total. The smallest absolute Gasteiger partial charge is 0.156 e. The molecule has 0 amide bonds. The van der Waals surface area contributed by atoms with E-state index in [-0.39, 0.29) is 12.4 Å². The zero-order valence-electron chi connectivity index (χ0n) is 11.9. The summed E-state index contributed by atoms with van der Waals surface area (Å²) < 4.78 is 16.3. The van der Waals surface area contributed by atoms with Crippen LogP contribution >= 0.6 is 0 Å². The highest BCUT2D eigenvalue weighted by atomic mass is 16.7. The van der Waals surface area contributed by atoms with Gasteiger partial charge in [0, 0.05) is 20.6 Å². The monoisotopic (exact) mass is 264 g/mol. The number of benzene rings is 1. The molecule has 1 unspecified atom stereocenters. The van der Waals surface area contributed by atoms with Crippen molar-refractivity contribution in [1.82, 2.24) is 0 Å². The number of hydrogen-bond acceptors (Lipinski definition) is 3. The maximum absolute atomic E-state index is 5.93. The fourth-order valence-electron chi connectivity index (χ4n) is 1.90. The quantitative estimate of drug-likeness (QED) is 0.478. The van der Waals surface area contributed by atoms with Crippen LogP contribution in [0.4, 0.5) is 0 Å². The van der Waals surface area contributed by atoms with Crippen LogP contribution in [-0.2, 0) is 20.8 Å². The lowest BCUT2D eigenvalue weighted by Crippen LogP contribution is -2.19. The maximum Gasteiger partial charge on any atom is 0.156 e. The van der Waals surface area contributed by atoms with Crippen LogP contribution in [0.15, 0.2) is 43.0 Å². The van der Waals surface area contributed by atoms with Gasteiger partial charge in [-0.05, 0) is 18.4 Å². The van der Waals surface area contributed by atoms with Crippen molar-refractivity contribution in [1.29, 1.82) is 0 Å². The summed E-state index contributed by atoms with van der Waals surface area (Å²) >= 11 is 0. The molecule has 0 aliphatic heterocycles. The van der Waals surface area contributed by atoms with Crippen molar-refractivity contribution in [2.75, 3.05) is 14.2 Å². The maximum atomic E-state index is 5.93. The summed E-state index contributed by atoms with van der Waals surface area (Å²) in [6.07, 6.45) is 4.45. The van der Waals surface area contributed by atoms with Gasteiger partial charge in [0.2, 0.25) is 0 Å². The molecule has 0 heterocycles. The third kappa shape index (κ3) is 6.53. The Balaban J connectivity index is 2.37. The van der Waals surface area contributed by atoms with Crippen molar-refractivity contribution in [2.45, 2.75) is 38.3 Å². The largest absolute Gasteiger partial charge is 0.373 e. The van der Waals surface area contributed by atoms with Gasteiger partial charge in [0.1, 0.15) is 0 Å². The number of rotatable bonds is 10. The van der Waals surface area contributed by atoms with Crippen LogP contribution in [0.1, 0.15) is 24.8 Å². The predicted molar refractivity (Wildman–Crippen MR) is 76.9 cm³/mol. The highest BCUT2D eigenvalue weighted by Gasteiger charge is 2.12. The molecule has 19 heavy (non-hydrogen) atoms. The van der Waals surface area contributed by atoms with E-state index >= 15 is 0 Å². The Morgan fingerprint density at radius 3 is 2.37 bits per heavy atom. The van der Waals surface area contributed by atoms with Gasteiger partial charge in [-0.2, -0.15) is 0 Å². The van der Waals surface area contributed by atoms with Gasteiger partial charge in [0.05, 0.1) is 12.7 Å². The van der Waals surface area contributed by atoms with Gasteiger partial charge in [-0.15, -0.1) is 6.58 Å². The van der Waals surface area contributed by atoms with Crippen LogP contribution in [0.25, 0.3) is 0 Å². The van der Waals surface area contributed by atoms with Crippen molar-refractivity contribution in [3.05, 3.63) is 48.6 Å². The molecular weight excluding hydrogens is 240 g/mol. The summed E-state index contributed by atoms with van der Waals surface area (Å²) in [5.74, 6) is 0. The molecule has 1 aromatic rings. The van der Waals surface area contributed by atoms with Gasteiger partial charge in [-0.3, -0.25) is 0 Å². The highest BCUT2D eigenvalue weighted by molar-refractivity contribution is 5.13.